The van der Waals surface area contributed by atoms with Crippen LogP contribution in [0.1, 0.15) is 40.3 Å². The Morgan fingerprint density at radius 1 is 0.338 bits per heavy atom. The van der Waals surface area contributed by atoms with Crippen LogP contribution in [0, 0.1) is 0 Å². The van der Waals surface area contributed by atoms with Gasteiger partial charge in [-0.2, -0.15) is 0 Å². The van der Waals surface area contributed by atoms with Gasteiger partial charge >= 0.3 is 0 Å². The molecular formula is C56H60O9. The van der Waals surface area contributed by atoms with Crippen LogP contribution in [0.15, 0.2) is 194 Å². The predicted molar refractivity (Wildman–Crippen MR) is 249 cm³/mol. The topological polar surface area (TPSA) is 83.1 Å². The molecule has 10 atom stereocenters. The van der Waals surface area contributed by atoms with Gasteiger partial charge in [0.2, 0.25) is 0 Å². The molecule has 0 bridgehead atoms. The third kappa shape index (κ3) is 13.2. The standard InChI is InChI=1S/C56H60O9/c1-41-50(58-35-42-21-9-3-10-22-42)53(61-38-45-27-15-6-16-28-45)51(59-36-43-23-11-4-12-24-43)48(64-41)33-34-49-52(60-37-44-25-13-5-14-26-44)54(62-39-46-29-17-7-18-30-46)55(56(57-2)65-49)63-40-47-31-19-8-20-32-47/h3-34,41,48-56H,35-40H2,1-2H3/b34-33+/t41-,48-,49+,50+,51+,52+,53+,54-,55+,56-/m0/s1. The Bertz CT molecular complexity index is 2250. The van der Waals surface area contributed by atoms with E-state index in [1.54, 1.807) is 7.11 Å². The minimum absolute atomic E-state index is 0.322. The van der Waals surface area contributed by atoms with Crippen molar-refractivity contribution in [2.45, 2.75) is 108 Å². The minimum atomic E-state index is -0.792. The maximum absolute atomic E-state index is 6.92. The molecule has 0 spiro atoms. The normalized spacial score (nSPS) is 25.7. The molecule has 2 aliphatic rings. The molecule has 2 heterocycles. The van der Waals surface area contributed by atoms with Gasteiger partial charge in [0.05, 0.1) is 45.7 Å². The molecule has 0 saturated carbocycles. The quantitative estimate of drug-likeness (QED) is 0.0657. The van der Waals surface area contributed by atoms with E-state index in [0.29, 0.717) is 39.6 Å². The van der Waals surface area contributed by atoms with Crippen molar-refractivity contribution in [1.29, 1.82) is 0 Å². The van der Waals surface area contributed by atoms with E-state index in [-0.39, 0.29) is 6.10 Å². The van der Waals surface area contributed by atoms with Crippen molar-refractivity contribution >= 4 is 0 Å². The van der Waals surface area contributed by atoms with Gasteiger partial charge in [-0.05, 0) is 40.3 Å². The average Bonchev–Trinajstić information content (AvgIpc) is 3.36. The van der Waals surface area contributed by atoms with E-state index in [1.807, 2.05) is 153 Å². The highest BCUT2D eigenvalue weighted by molar-refractivity contribution is 5.19. The highest BCUT2D eigenvalue weighted by atomic mass is 16.7. The van der Waals surface area contributed by atoms with E-state index < -0.39 is 55.1 Å². The van der Waals surface area contributed by atoms with Crippen LogP contribution < -0.4 is 0 Å². The lowest BCUT2D eigenvalue weighted by atomic mass is 9.92. The SMILES string of the molecule is CO[C@H]1O[C@H](/C=C/[C@@H]2O[C@@H](C)[C@@H](OCc3ccccc3)[C@@H](OCc3ccccc3)[C@@H]2OCc2ccccc2)[C@@H](OCc2ccccc2)[C@H](OCc2ccccc2)[C@H]1OCc1ccccc1. The van der Waals surface area contributed by atoms with Crippen molar-refractivity contribution in [2.24, 2.45) is 0 Å². The molecule has 6 aromatic rings. The summed E-state index contributed by atoms with van der Waals surface area (Å²) in [6.07, 6.45) is -1.76. The molecule has 2 aliphatic heterocycles. The van der Waals surface area contributed by atoms with Gasteiger partial charge in [-0.3, -0.25) is 0 Å². The summed E-state index contributed by atoms with van der Waals surface area (Å²) in [5, 5.41) is 0. The van der Waals surface area contributed by atoms with Gasteiger partial charge in [-0.1, -0.05) is 194 Å². The first-order valence-electron chi connectivity index (χ1n) is 22.6. The van der Waals surface area contributed by atoms with Crippen LogP contribution in [-0.4, -0.2) is 68.3 Å². The van der Waals surface area contributed by atoms with Crippen molar-refractivity contribution in [3.05, 3.63) is 228 Å². The summed E-state index contributed by atoms with van der Waals surface area (Å²) in [5.41, 5.74) is 6.21. The van der Waals surface area contributed by atoms with Crippen molar-refractivity contribution in [2.75, 3.05) is 7.11 Å². The van der Waals surface area contributed by atoms with E-state index in [4.69, 9.17) is 42.6 Å². The van der Waals surface area contributed by atoms with Gasteiger partial charge in [0, 0.05) is 7.11 Å². The van der Waals surface area contributed by atoms with Gasteiger partial charge in [0.1, 0.15) is 48.8 Å². The molecule has 2 saturated heterocycles. The Kier molecular flexibility index (Phi) is 17.3. The van der Waals surface area contributed by atoms with E-state index >= 15 is 0 Å². The average molecular weight is 877 g/mol. The monoisotopic (exact) mass is 876 g/mol. The lowest BCUT2D eigenvalue weighted by molar-refractivity contribution is -0.309. The third-order valence-corrected chi connectivity index (χ3v) is 11.8. The molecule has 8 rings (SSSR count). The third-order valence-electron chi connectivity index (χ3n) is 11.8. The number of hydrogen-bond acceptors (Lipinski definition) is 9. The van der Waals surface area contributed by atoms with Crippen LogP contribution in [0.25, 0.3) is 0 Å². The van der Waals surface area contributed by atoms with E-state index in [1.165, 1.54) is 0 Å². The molecule has 9 heteroatoms. The van der Waals surface area contributed by atoms with Crippen molar-refractivity contribution in [3.63, 3.8) is 0 Å². The second-order valence-corrected chi connectivity index (χ2v) is 16.5. The molecular weight excluding hydrogens is 817 g/mol. The Morgan fingerprint density at radius 2 is 0.600 bits per heavy atom. The molecule has 0 aromatic heterocycles. The van der Waals surface area contributed by atoms with Gasteiger partial charge < -0.3 is 42.6 Å². The maximum atomic E-state index is 6.92. The Balaban J connectivity index is 1.12. The fourth-order valence-electron chi connectivity index (χ4n) is 8.36. The number of hydrogen-bond donors (Lipinski definition) is 0. The second-order valence-electron chi connectivity index (χ2n) is 16.5. The molecule has 0 radical (unpaired) electrons. The van der Waals surface area contributed by atoms with Gasteiger partial charge in [-0.15, -0.1) is 0 Å². The van der Waals surface area contributed by atoms with Gasteiger partial charge in [0.25, 0.3) is 0 Å². The highest BCUT2D eigenvalue weighted by Gasteiger charge is 2.49. The molecule has 0 amide bonds. The summed E-state index contributed by atoms with van der Waals surface area (Å²) in [5.74, 6) is 0. The fourth-order valence-corrected chi connectivity index (χ4v) is 8.36. The molecule has 0 aliphatic carbocycles. The molecule has 0 N–H and O–H groups in total. The van der Waals surface area contributed by atoms with Crippen LogP contribution in [0.2, 0.25) is 0 Å². The van der Waals surface area contributed by atoms with Gasteiger partial charge in [0.15, 0.2) is 6.29 Å². The van der Waals surface area contributed by atoms with Crippen LogP contribution in [-0.2, 0) is 82.3 Å². The largest absolute Gasteiger partial charge is 0.368 e. The van der Waals surface area contributed by atoms with Crippen molar-refractivity contribution < 1.29 is 42.6 Å². The van der Waals surface area contributed by atoms with Gasteiger partial charge in [-0.25, -0.2) is 0 Å². The maximum Gasteiger partial charge on any atom is 0.186 e. The first kappa shape index (κ1) is 46.2. The predicted octanol–water partition coefficient (Wildman–Crippen LogP) is 10.2. The summed E-state index contributed by atoms with van der Waals surface area (Å²) in [7, 11) is 1.63. The molecule has 65 heavy (non-hydrogen) atoms. The number of methoxy groups -OCH3 is 1. The summed E-state index contributed by atoms with van der Waals surface area (Å²) in [4.78, 5) is 0. The second kappa shape index (κ2) is 24.3. The van der Waals surface area contributed by atoms with Crippen LogP contribution in [0.4, 0.5) is 0 Å². The van der Waals surface area contributed by atoms with Crippen LogP contribution in [0.5, 0.6) is 0 Å². The Hall–Kier alpha value is -5.30. The zero-order chi connectivity index (χ0) is 44.5. The van der Waals surface area contributed by atoms with E-state index in [0.717, 1.165) is 33.4 Å². The Morgan fingerprint density at radius 3 is 0.923 bits per heavy atom. The summed E-state index contributed by atoms with van der Waals surface area (Å²) in [6.45, 7) is 4.12. The van der Waals surface area contributed by atoms with E-state index in [2.05, 4.69) is 48.5 Å². The van der Waals surface area contributed by atoms with Crippen molar-refractivity contribution in [3.8, 4) is 0 Å². The zero-order valence-corrected chi connectivity index (χ0v) is 37.2. The molecule has 6 aromatic carbocycles. The highest BCUT2D eigenvalue weighted by Crippen LogP contribution is 2.34. The number of rotatable bonds is 21. The first-order valence-corrected chi connectivity index (χ1v) is 22.6. The summed E-state index contributed by atoms with van der Waals surface area (Å²) in [6, 6.07) is 60.8. The zero-order valence-electron chi connectivity index (χ0n) is 37.2. The number of ether oxygens (including phenoxy) is 9. The molecule has 9 nitrogen and oxygen atoms in total. The van der Waals surface area contributed by atoms with Crippen LogP contribution >= 0.6 is 0 Å². The summed E-state index contributed by atoms with van der Waals surface area (Å²) < 4.78 is 60.9. The first-order chi connectivity index (χ1) is 32.1. The molecule has 2 fully saturated rings. The fraction of sp³-hybridized carbons (Fsp3) is 0.321. The smallest absolute Gasteiger partial charge is 0.186 e. The lowest BCUT2D eigenvalue weighted by Crippen LogP contribution is -2.60. The summed E-state index contributed by atoms with van der Waals surface area (Å²) >= 11 is 0. The van der Waals surface area contributed by atoms with E-state index in [9.17, 15) is 0 Å². The Labute approximate surface area is 383 Å². The van der Waals surface area contributed by atoms with Crippen molar-refractivity contribution in [1.82, 2.24) is 0 Å². The number of benzene rings is 6. The van der Waals surface area contributed by atoms with Crippen LogP contribution in [0.3, 0.4) is 0 Å². The minimum Gasteiger partial charge on any atom is -0.368 e. The molecule has 0 unspecified atom stereocenters. The lowest BCUT2D eigenvalue weighted by Gasteiger charge is -2.46. The molecule has 338 valence electrons.